The zero-order chi connectivity index (χ0) is 20.8. The molecule has 0 saturated carbocycles. The van der Waals surface area contributed by atoms with E-state index in [1.807, 2.05) is 24.3 Å². The zero-order valence-corrected chi connectivity index (χ0v) is 15.8. The lowest BCUT2D eigenvalue weighted by molar-refractivity contribution is -0.158. The molecule has 1 aliphatic rings. The Morgan fingerprint density at radius 2 is 1.79 bits per heavy atom. The van der Waals surface area contributed by atoms with Gasteiger partial charge in [0.1, 0.15) is 11.9 Å². The number of benzene rings is 2. The summed E-state index contributed by atoms with van der Waals surface area (Å²) >= 11 is 0. The van der Waals surface area contributed by atoms with Crippen molar-refractivity contribution in [2.24, 2.45) is 0 Å². The van der Waals surface area contributed by atoms with Crippen molar-refractivity contribution in [3.8, 4) is 0 Å². The van der Waals surface area contributed by atoms with Crippen molar-refractivity contribution in [1.82, 2.24) is 4.90 Å². The van der Waals surface area contributed by atoms with E-state index in [-0.39, 0.29) is 12.1 Å². The van der Waals surface area contributed by atoms with Crippen molar-refractivity contribution in [3.05, 3.63) is 77.1 Å². The molecule has 3 rings (SSSR count). The molecule has 0 N–H and O–H groups in total. The third-order valence-corrected chi connectivity index (χ3v) is 4.68. The predicted octanol–water partition coefficient (Wildman–Crippen LogP) is 2.51. The molecule has 0 aliphatic carbocycles. The number of esters is 2. The first-order valence-corrected chi connectivity index (χ1v) is 9.03. The first-order chi connectivity index (χ1) is 14.0. The molecule has 0 saturated heterocycles. The first kappa shape index (κ1) is 20.3. The smallest absolute Gasteiger partial charge is 0.331 e. The van der Waals surface area contributed by atoms with Gasteiger partial charge in [0.15, 0.2) is 6.61 Å². The minimum Gasteiger partial charge on any atom is -0.467 e. The molecule has 0 radical (unpaired) electrons. The highest BCUT2D eigenvalue weighted by atomic mass is 19.1. The van der Waals surface area contributed by atoms with Gasteiger partial charge in [0.05, 0.1) is 7.11 Å². The van der Waals surface area contributed by atoms with Crippen LogP contribution in [0.4, 0.5) is 4.39 Å². The number of carbonyl (C=O) groups is 3. The second-order valence-electron chi connectivity index (χ2n) is 6.50. The quantitative estimate of drug-likeness (QED) is 0.573. The van der Waals surface area contributed by atoms with Gasteiger partial charge in [-0.1, -0.05) is 42.5 Å². The number of rotatable bonds is 5. The van der Waals surface area contributed by atoms with E-state index in [0.717, 1.165) is 17.2 Å². The molecule has 0 spiro atoms. The van der Waals surface area contributed by atoms with Crippen molar-refractivity contribution < 1.29 is 28.2 Å². The molecule has 0 fully saturated rings. The molecule has 0 bridgehead atoms. The van der Waals surface area contributed by atoms with Gasteiger partial charge in [0.25, 0.3) is 5.91 Å². The van der Waals surface area contributed by atoms with Gasteiger partial charge in [-0.25, -0.2) is 14.0 Å². The second-order valence-corrected chi connectivity index (χ2v) is 6.50. The number of ether oxygens (including phenoxy) is 2. The predicted molar refractivity (Wildman–Crippen MR) is 103 cm³/mol. The van der Waals surface area contributed by atoms with Crippen LogP contribution in [0.2, 0.25) is 0 Å². The Balaban J connectivity index is 1.64. The Bertz CT molecular complexity index is 956. The molecule has 6 nitrogen and oxygen atoms in total. The summed E-state index contributed by atoms with van der Waals surface area (Å²) < 4.78 is 23.4. The van der Waals surface area contributed by atoms with Gasteiger partial charge in [-0.2, -0.15) is 0 Å². The summed E-state index contributed by atoms with van der Waals surface area (Å²) in [5.74, 6) is -2.30. The number of nitrogens with zero attached hydrogens (tertiary/aromatic N) is 1. The lowest BCUT2D eigenvalue weighted by Crippen LogP contribution is -2.50. The summed E-state index contributed by atoms with van der Waals surface area (Å²) in [5.41, 5.74) is 2.12. The summed E-state index contributed by atoms with van der Waals surface area (Å²) in [6.07, 6.45) is 2.65. The third-order valence-electron chi connectivity index (χ3n) is 4.68. The minimum absolute atomic E-state index is 0.220. The number of hydrogen-bond acceptors (Lipinski definition) is 5. The Labute approximate surface area is 167 Å². The van der Waals surface area contributed by atoms with E-state index in [0.29, 0.717) is 6.42 Å². The number of halogens is 1. The second kappa shape index (κ2) is 9.14. The van der Waals surface area contributed by atoms with Crippen LogP contribution in [0.1, 0.15) is 16.7 Å². The Kier molecular flexibility index (Phi) is 6.39. The molecule has 1 amide bonds. The Morgan fingerprint density at radius 1 is 1.10 bits per heavy atom. The average molecular weight is 397 g/mol. The summed E-state index contributed by atoms with van der Waals surface area (Å²) in [7, 11) is 1.26. The molecule has 0 unspecified atom stereocenters. The molecule has 150 valence electrons. The topological polar surface area (TPSA) is 72.9 Å². The van der Waals surface area contributed by atoms with E-state index >= 15 is 0 Å². The molecule has 1 heterocycles. The van der Waals surface area contributed by atoms with E-state index in [2.05, 4.69) is 0 Å². The van der Waals surface area contributed by atoms with Gasteiger partial charge in [-0.15, -0.1) is 0 Å². The highest BCUT2D eigenvalue weighted by Gasteiger charge is 2.35. The summed E-state index contributed by atoms with van der Waals surface area (Å²) in [6.45, 7) is -0.312. The van der Waals surface area contributed by atoms with Crippen LogP contribution >= 0.6 is 0 Å². The lowest BCUT2D eigenvalue weighted by atomic mass is 9.94. The molecular formula is C22H20FNO5. The largest absolute Gasteiger partial charge is 0.467 e. The van der Waals surface area contributed by atoms with Gasteiger partial charge < -0.3 is 14.4 Å². The van der Waals surface area contributed by atoms with Gasteiger partial charge in [0, 0.05) is 24.6 Å². The molecule has 2 aromatic rings. The van der Waals surface area contributed by atoms with E-state index in [1.54, 1.807) is 6.07 Å². The number of hydrogen-bond donors (Lipinski definition) is 0. The van der Waals surface area contributed by atoms with Gasteiger partial charge in [-0.05, 0) is 23.3 Å². The van der Waals surface area contributed by atoms with Gasteiger partial charge >= 0.3 is 11.9 Å². The van der Waals surface area contributed by atoms with E-state index < -0.39 is 36.3 Å². The summed E-state index contributed by atoms with van der Waals surface area (Å²) in [5, 5.41) is 0. The maximum Gasteiger partial charge on any atom is 0.331 e. The van der Waals surface area contributed by atoms with Crippen LogP contribution in [0.25, 0.3) is 6.08 Å². The number of methoxy groups -OCH3 is 1. The van der Waals surface area contributed by atoms with Crippen molar-refractivity contribution in [2.45, 2.75) is 19.0 Å². The molecule has 1 atom stereocenters. The molecule has 2 aromatic carbocycles. The van der Waals surface area contributed by atoms with Crippen LogP contribution in [0.15, 0.2) is 54.6 Å². The molecule has 7 heteroatoms. The molecular weight excluding hydrogens is 377 g/mol. The fraction of sp³-hybridized carbons (Fsp3) is 0.227. The fourth-order valence-electron chi connectivity index (χ4n) is 3.16. The summed E-state index contributed by atoms with van der Waals surface area (Å²) in [4.78, 5) is 38.0. The van der Waals surface area contributed by atoms with Crippen LogP contribution in [0.5, 0.6) is 0 Å². The summed E-state index contributed by atoms with van der Waals surface area (Å²) in [6, 6.07) is 12.7. The maximum absolute atomic E-state index is 13.6. The zero-order valence-electron chi connectivity index (χ0n) is 15.8. The van der Waals surface area contributed by atoms with Crippen molar-refractivity contribution in [1.29, 1.82) is 0 Å². The van der Waals surface area contributed by atoms with Gasteiger partial charge in [0.2, 0.25) is 0 Å². The highest BCUT2D eigenvalue weighted by molar-refractivity contribution is 5.90. The van der Waals surface area contributed by atoms with Crippen LogP contribution in [-0.2, 0) is 36.8 Å². The highest BCUT2D eigenvalue weighted by Crippen LogP contribution is 2.24. The standard InChI is InChI=1S/C22H20FNO5/c1-28-22(27)19-12-16-7-2-3-8-17(16)13-24(19)20(25)14-29-21(26)11-10-15-6-4-5-9-18(15)23/h2-11,19H,12-14H2,1H3/b11-10+/t19-/m1/s1. The fourth-order valence-corrected chi connectivity index (χ4v) is 3.16. The SMILES string of the molecule is COC(=O)[C@H]1Cc2ccccc2CN1C(=O)COC(=O)/C=C/c1ccccc1F. The van der Waals surface area contributed by atoms with Crippen LogP contribution in [0, 0.1) is 5.82 Å². The van der Waals surface area contributed by atoms with Crippen LogP contribution < -0.4 is 0 Å². The van der Waals surface area contributed by atoms with Gasteiger partial charge in [-0.3, -0.25) is 4.79 Å². The van der Waals surface area contributed by atoms with Crippen molar-refractivity contribution in [3.63, 3.8) is 0 Å². The van der Waals surface area contributed by atoms with E-state index in [4.69, 9.17) is 9.47 Å². The van der Waals surface area contributed by atoms with Crippen molar-refractivity contribution >= 4 is 23.9 Å². The number of amides is 1. The monoisotopic (exact) mass is 397 g/mol. The van der Waals surface area contributed by atoms with Crippen LogP contribution in [0.3, 0.4) is 0 Å². The molecule has 0 aromatic heterocycles. The maximum atomic E-state index is 13.6. The minimum atomic E-state index is -0.784. The molecule has 29 heavy (non-hydrogen) atoms. The van der Waals surface area contributed by atoms with Crippen molar-refractivity contribution in [2.75, 3.05) is 13.7 Å². The first-order valence-electron chi connectivity index (χ1n) is 9.03. The number of carbonyl (C=O) groups excluding carboxylic acids is 3. The Morgan fingerprint density at radius 3 is 2.52 bits per heavy atom. The molecule has 1 aliphatic heterocycles. The average Bonchev–Trinajstić information content (AvgIpc) is 2.75. The van der Waals surface area contributed by atoms with Crippen LogP contribution in [-0.4, -0.2) is 42.5 Å². The lowest BCUT2D eigenvalue weighted by Gasteiger charge is -2.35. The third kappa shape index (κ3) is 4.87. The van der Waals surface area contributed by atoms with E-state index in [9.17, 15) is 18.8 Å². The van der Waals surface area contributed by atoms with E-state index in [1.165, 1.54) is 36.3 Å². The number of fused-ring (bicyclic) bond motifs is 1. The Hall–Kier alpha value is -3.48. The normalized spacial score (nSPS) is 15.7.